The minimum absolute atomic E-state index is 0.323. The van der Waals surface area contributed by atoms with E-state index in [1.54, 1.807) is 11.8 Å². The zero-order valence-corrected chi connectivity index (χ0v) is 11.2. The number of benzene rings is 2. The summed E-state index contributed by atoms with van der Waals surface area (Å²) < 4.78 is 12.8. The summed E-state index contributed by atoms with van der Waals surface area (Å²) in [6.07, 6.45) is 1.11. The van der Waals surface area contributed by atoms with Crippen molar-refractivity contribution in [2.75, 3.05) is 6.26 Å². The number of halogens is 1. The van der Waals surface area contributed by atoms with Crippen molar-refractivity contribution in [3.63, 3.8) is 0 Å². The summed E-state index contributed by atoms with van der Waals surface area (Å²) in [5.74, 6) is 5.33. The maximum absolute atomic E-state index is 12.8. The monoisotopic (exact) mass is 272 g/mol. The lowest BCUT2D eigenvalue weighted by atomic mass is 10.1. The van der Waals surface area contributed by atoms with Crippen LogP contribution in [-0.2, 0) is 0 Å². The SMILES string of the molecule is CSc1ccc(C#CC(O)c2ccc(F)cc2)cc1. The lowest BCUT2D eigenvalue weighted by molar-refractivity contribution is 0.238. The number of thioether (sulfide) groups is 1. The zero-order valence-electron chi connectivity index (χ0n) is 10.4. The van der Waals surface area contributed by atoms with Gasteiger partial charge in [-0.25, -0.2) is 4.39 Å². The first kappa shape index (κ1) is 13.7. The normalized spacial score (nSPS) is 11.5. The summed E-state index contributed by atoms with van der Waals surface area (Å²) in [4.78, 5) is 1.17. The van der Waals surface area contributed by atoms with Gasteiger partial charge in [0.2, 0.25) is 0 Å². The van der Waals surface area contributed by atoms with E-state index in [-0.39, 0.29) is 5.82 Å². The Morgan fingerprint density at radius 3 is 2.26 bits per heavy atom. The molecule has 2 rings (SSSR count). The summed E-state index contributed by atoms with van der Waals surface area (Å²) >= 11 is 1.67. The van der Waals surface area contributed by atoms with Gasteiger partial charge in [0.1, 0.15) is 11.9 Å². The van der Waals surface area contributed by atoms with Crippen molar-refractivity contribution in [3.05, 3.63) is 65.5 Å². The second-order valence-electron chi connectivity index (χ2n) is 3.95. The molecular formula is C16H13FOS. The highest BCUT2D eigenvalue weighted by Gasteiger charge is 2.02. The van der Waals surface area contributed by atoms with Gasteiger partial charge < -0.3 is 5.11 Å². The van der Waals surface area contributed by atoms with Gasteiger partial charge in [-0.1, -0.05) is 24.0 Å². The van der Waals surface area contributed by atoms with Gasteiger partial charge in [-0.2, -0.15) is 0 Å². The van der Waals surface area contributed by atoms with Crippen molar-refractivity contribution in [1.29, 1.82) is 0 Å². The van der Waals surface area contributed by atoms with Crippen molar-refractivity contribution < 1.29 is 9.50 Å². The molecule has 19 heavy (non-hydrogen) atoms. The minimum atomic E-state index is -0.902. The molecule has 1 N–H and O–H groups in total. The molecule has 0 radical (unpaired) electrons. The van der Waals surface area contributed by atoms with Gasteiger partial charge in [0.05, 0.1) is 0 Å². The number of aliphatic hydroxyl groups excluding tert-OH is 1. The third-order valence-electron chi connectivity index (χ3n) is 2.63. The Labute approximate surface area is 116 Å². The summed E-state index contributed by atoms with van der Waals surface area (Å²) in [6.45, 7) is 0. The van der Waals surface area contributed by atoms with Crippen molar-refractivity contribution in [2.45, 2.75) is 11.0 Å². The van der Waals surface area contributed by atoms with Gasteiger partial charge in [0, 0.05) is 10.5 Å². The molecule has 1 atom stereocenters. The van der Waals surface area contributed by atoms with Crippen LogP contribution in [-0.4, -0.2) is 11.4 Å². The maximum Gasteiger partial charge on any atom is 0.140 e. The number of hydrogen-bond donors (Lipinski definition) is 1. The Hall–Kier alpha value is -1.76. The highest BCUT2D eigenvalue weighted by molar-refractivity contribution is 7.98. The average Bonchev–Trinajstić information content (AvgIpc) is 2.46. The van der Waals surface area contributed by atoms with E-state index in [2.05, 4.69) is 11.8 Å². The van der Waals surface area contributed by atoms with Crippen LogP contribution >= 0.6 is 11.8 Å². The Bertz CT molecular complexity index is 593. The Balaban J connectivity index is 2.11. The molecule has 0 fully saturated rings. The van der Waals surface area contributed by atoms with Gasteiger partial charge in [-0.3, -0.25) is 0 Å². The predicted octanol–water partition coefficient (Wildman–Crippen LogP) is 3.63. The average molecular weight is 272 g/mol. The summed E-state index contributed by atoms with van der Waals surface area (Å²) in [7, 11) is 0. The fourth-order valence-electron chi connectivity index (χ4n) is 1.55. The van der Waals surface area contributed by atoms with E-state index in [9.17, 15) is 9.50 Å². The highest BCUT2D eigenvalue weighted by atomic mass is 32.2. The largest absolute Gasteiger partial charge is 0.376 e. The molecule has 3 heteroatoms. The Morgan fingerprint density at radius 2 is 1.68 bits per heavy atom. The van der Waals surface area contributed by atoms with Crippen LogP contribution in [0.1, 0.15) is 17.2 Å². The highest BCUT2D eigenvalue weighted by Crippen LogP contribution is 2.15. The molecule has 2 aromatic carbocycles. The molecule has 0 aliphatic rings. The third kappa shape index (κ3) is 3.85. The van der Waals surface area contributed by atoms with Crippen LogP contribution < -0.4 is 0 Å². The van der Waals surface area contributed by atoms with E-state index in [0.29, 0.717) is 5.56 Å². The van der Waals surface area contributed by atoms with E-state index in [0.717, 1.165) is 5.56 Å². The number of hydrogen-bond acceptors (Lipinski definition) is 2. The first-order chi connectivity index (χ1) is 9.19. The van der Waals surface area contributed by atoms with Crippen LogP contribution in [0.3, 0.4) is 0 Å². The number of aliphatic hydroxyl groups is 1. The van der Waals surface area contributed by atoms with Crippen LogP contribution in [0.2, 0.25) is 0 Å². The minimum Gasteiger partial charge on any atom is -0.376 e. The molecule has 0 saturated carbocycles. The Morgan fingerprint density at radius 1 is 1.05 bits per heavy atom. The third-order valence-corrected chi connectivity index (χ3v) is 3.37. The summed E-state index contributed by atoms with van der Waals surface area (Å²) in [5.41, 5.74) is 1.44. The molecule has 0 bridgehead atoms. The van der Waals surface area contributed by atoms with E-state index in [4.69, 9.17) is 0 Å². The molecule has 0 aromatic heterocycles. The molecular weight excluding hydrogens is 259 g/mol. The summed E-state index contributed by atoms with van der Waals surface area (Å²) in [5, 5.41) is 9.87. The van der Waals surface area contributed by atoms with E-state index in [1.165, 1.54) is 29.2 Å². The molecule has 96 valence electrons. The van der Waals surface area contributed by atoms with Crippen LogP contribution in [0.5, 0.6) is 0 Å². The van der Waals surface area contributed by atoms with Crippen molar-refractivity contribution in [3.8, 4) is 11.8 Å². The summed E-state index contributed by atoms with van der Waals surface area (Å²) in [6, 6.07) is 13.5. The standard InChI is InChI=1S/C16H13FOS/c1-19-15-9-2-12(3-10-15)4-11-16(18)13-5-7-14(17)8-6-13/h2-3,5-10,16,18H,1H3. The fourth-order valence-corrected chi connectivity index (χ4v) is 1.96. The predicted molar refractivity (Wildman–Crippen MR) is 76.5 cm³/mol. The topological polar surface area (TPSA) is 20.2 Å². The van der Waals surface area contributed by atoms with E-state index in [1.807, 2.05) is 30.5 Å². The lowest BCUT2D eigenvalue weighted by Crippen LogP contribution is -1.93. The van der Waals surface area contributed by atoms with Gasteiger partial charge in [-0.05, 0) is 48.2 Å². The van der Waals surface area contributed by atoms with Crippen molar-refractivity contribution >= 4 is 11.8 Å². The lowest BCUT2D eigenvalue weighted by Gasteiger charge is -2.02. The van der Waals surface area contributed by atoms with Crippen molar-refractivity contribution in [2.24, 2.45) is 0 Å². The van der Waals surface area contributed by atoms with Crippen LogP contribution in [0.25, 0.3) is 0 Å². The smallest absolute Gasteiger partial charge is 0.140 e. The maximum atomic E-state index is 12.8. The second kappa shape index (κ2) is 6.42. The van der Waals surface area contributed by atoms with Gasteiger partial charge >= 0.3 is 0 Å². The van der Waals surface area contributed by atoms with Gasteiger partial charge in [0.25, 0.3) is 0 Å². The first-order valence-corrected chi connectivity index (χ1v) is 7.00. The first-order valence-electron chi connectivity index (χ1n) is 5.78. The molecule has 0 saturated heterocycles. The molecule has 0 spiro atoms. The van der Waals surface area contributed by atoms with Gasteiger partial charge in [0.15, 0.2) is 0 Å². The molecule has 2 aromatic rings. The molecule has 0 aliphatic carbocycles. The fraction of sp³-hybridized carbons (Fsp3) is 0.125. The Kier molecular flexibility index (Phi) is 4.62. The molecule has 1 unspecified atom stereocenters. The molecule has 1 nitrogen and oxygen atoms in total. The van der Waals surface area contributed by atoms with Gasteiger partial charge in [-0.15, -0.1) is 11.8 Å². The van der Waals surface area contributed by atoms with E-state index >= 15 is 0 Å². The second-order valence-corrected chi connectivity index (χ2v) is 4.83. The molecule has 0 aliphatic heterocycles. The van der Waals surface area contributed by atoms with Crippen LogP contribution in [0.4, 0.5) is 4.39 Å². The number of rotatable bonds is 2. The van der Waals surface area contributed by atoms with E-state index < -0.39 is 6.10 Å². The molecule has 0 heterocycles. The zero-order chi connectivity index (χ0) is 13.7. The van der Waals surface area contributed by atoms with Crippen LogP contribution in [0.15, 0.2) is 53.4 Å². The van der Waals surface area contributed by atoms with Crippen molar-refractivity contribution in [1.82, 2.24) is 0 Å². The van der Waals surface area contributed by atoms with Crippen LogP contribution in [0, 0.1) is 17.7 Å². The quantitative estimate of drug-likeness (QED) is 0.665. The molecule has 0 amide bonds.